The number of carbonyl (C=O) groups is 1. The molecular formula is C18H34N2O3. The van der Waals surface area contributed by atoms with E-state index in [0.29, 0.717) is 24.5 Å². The molecule has 0 bridgehead atoms. The van der Waals surface area contributed by atoms with Gasteiger partial charge < -0.3 is 20.1 Å². The maximum absolute atomic E-state index is 12.1. The molecule has 2 atom stereocenters. The van der Waals surface area contributed by atoms with Crippen molar-refractivity contribution in [2.45, 2.75) is 70.9 Å². The standard InChI is InChI=1S/C18H34N2O3/c1-18(2,3)23-17(22)20-10-8-16(9-11-20)19-12-14-6-4-5-7-15(14)13-21/h14-16,19,21H,4-13H2,1-3H3/t14-,15-/m1/s1. The van der Waals surface area contributed by atoms with E-state index < -0.39 is 5.60 Å². The Balaban J connectivity index is 1.69. The summed E-state index contributed by atoms with van der Waals surface area (Å²) in [5.74, 6) is 1.08. The van der Waals surface area contributed by atoms with Crippen LogP contribution in [0, 0.1) is 11.8 Å². The van der Waals surface area contributed by atoms with Gasteiger partial charge in [-0.2, -0.15) is 0 Å². The predicted molar refractivity (Wildman–Crippen MR) is 91.4 cm³/mol. The maximum atomic E-state index is 12.1. The second-order valence-corrected chi connectivity index (χ2v) is 8.14. The zero-order valence-corrected chi connectivity index (χ0v) is 15.0. The Morgan fingerprint density at radius 1 is 1.13 bits per heavy atom. The van der Waals surface area contributed by atoms with E-state index in [2.05, 4.69) is 5.32 Å². The number of carbonyl (C=O) groups excluding carboxylic acids is 1. The molecule has 0 aromatic heterocycles. The van der Waals surface area contributed by atoms with Crippen LogP contribution in [0.3, 0.4) is 0 Å². The fraction of sp³-hybridized carbons (Fsp3) is 0.944. The van der Waals surface area contributed by atoms with Crippen LogP contribution in [0.1, 0.15) is 59.3 Å². The van der Waals surface area contributed by atoms with Gasteiger partial charge in [0.1, 0.15) is 5.60 Å². The summed E-state index contributed by atoms with van der Waals surface area (Å²) < 4.78 is 5.43. The number of hydrogen-bond donors (Lipinski definition) is 2. The summed E-state index contributed by atoms with van der Waals surface area (Å²) in [6, 6.07) is 0.481. The van der Waals surface area contributed by atoms with Gasteiger partial charge in [0.15, 0.2) is 0 Å². The normalized spacial score (nSPS) is 27.0. The Kier molecular flexibility index (Phi) is 6.72. The van der Waals surface area contributed by atoms with E-state index in [1.165, 1.54) is 25.7 Å². The number of amides is 1. The Morgan fingerprint density at radius 3 is 2.30 bits per heavy atom. The fourth-order valence-electron chi connectivity index (χ4n) is 3.70. The van der Waals surface area contributed by atoms with Crippen LogP contribution in [-0.2, 0) is 4.74 Å². The van der Waals surface area contributed by atoms with E-state index >= 15 is 0 Å². The second-order valence-electron chi connectivity index (χ2n) is 8.14. The lowest BCUT2D eigenvalue weighted by molar-refractivity contribution is 0.0195. The fourth-order valence-corrected chi connectivity index (χ4v) is 3.70. The first-order valence-corrected chi connectivity index (χ1v) is 9.21. The molecule has 1 amide bonds. The first-order valence-electron chi connectivity index (χ1n) is 9.21. The summed E-state index contributed by atoms with van der Waals surface area (Å²) in [6.45, 7) is 8.57. The van der Waals surface area contributed by atoms with E-state index in [4.69, 9.17) is 4.74 Å². The molecule has 0 unspecified atom stereocenters. The molecular weight excluding hydrogens is 292 g/mol. The van der Waals surface area contributed by atoms with Crippen molar-refractivity contribution in [1.82, 2.24) is 10.2 Å². The van der Waals surface area contributed by atoms with Gasteiger partial charge in [0.2, 0.25) is 0 Å². The van der Waals surface area contributed by atoms with Crippen molar-refractivity contribution in [3.63, 3.8) is 0 Å². The van der Waals surface area contributed by atoms with Crippen molar-refractivity contribution in [3.05, 3.63) is 0 Å². The first kappa shape index (κ1) is 18.5. The van der Waals surface area contributed by atoms with Gasteiger partial charge in [0.25, 0.3) is 0 Å². The van der Waals surface area contributed by atoms with Crippen LogP contribution >= 0.6 is 0 Å². The summed E-state index contributed by atoms with van der Waals surface area (Å²) in [6.07, 6.45) is 6.72. The van der Waals surface area contributed by atoms with Gasteiger partial charge in [-0.15, -0.1) is 0 Å². The van der Waals surface area contributed by atoms with Crippen LogP contribution in [0.15, 0.2) is 0 Å². The lowest BCUT2D eigenvalue weighted by Gasteiger charge is -2.36. The number of nitrogens with zero attached hydrogens (tertiary/aromatic N) is 1. The van der Waals surface area contributed by atoms with Gasteiger partial charge in [0, 0.05) is 25.7 Å². The molecule has 1 heterocycles. The Bertz CT molecular complexity index is 373. The number of ether oxygens (including phenoxy) is 1. The number of nitrogens with one attached hydrogen (secondary N) is 1. The molecule has 5 heteroatoms. The van der Waals surface area contributed by atoms with Gasteiger partial charge in [-0.1, -0.05) is 12.8 Å². The summed E-state index contributed by atoms with van der Waals surface area (Å²) in [5, 5.41) is 13.2. The molecule has 1 aliphatic carbocycles. The molecule has 1 aliphatic heterocycles. The van der Waals surface area contributed by atoms with Crippen LogP contribution in [0.2, 0.25) is 0 Å². The van der Waals surface area contributed by atoms with E-state index in [1.807, 2.05) is 25.7 Å². The van der Waals surface area contributed by atoms with E-state index in [0.717, 1.165) is 32.5 Å². The van der Waals surface area contributed by atoms with Gasteiger partial charge in [-0.3, -0.25) is 0 Å². The van der Waals surface area contributed by atoms with E-state index in [-0.39, 0.29) is 6.09 Å². The smallest absolute Gasteiger partial charge is 0.410 e. The molecule has 134 valence electrons. The number of likely N-dealkylation sites (tertiary alicyclic amines) is 1. The number of aliphatic hydroxyl groups excluding tert-OH is 1. The maximum Gasteiger partial charge on any atom is 0.410 e. The quantitative estimate of drug-likeness (QED) is 0.834. The number of piperidine rings is 1. The molecule has 0 radical (unpaired) electrons. The third-order valence-electron chi connectivity index (χ3n) is 5.12. The highest BCUT2D eigenvalue weighted by molar-refractivity contribution is 5.68. The molecule has 0 aromatic carbocycles. The molecule has 1 saturated carbocycles. The van der Waals surface area contributed by atoms with Crippen molar-refractivity contribution in [2.75, 3.05) is 26.2 Å². The highest BCUT2D eigenvalue weighted by Crippen LogP contribution is 2.29. The largest absolute Gasteiger partial charge is 0.444 e. The predicted octanol–water partition coefficient (Wildman–Crippen LogP) is 2.77. The molecule has 2 rings (SSSR count). The molecule has 2 fully saturated rings. The average molecular weight is 326 g/mol. The van der Waals surface area contributed by atoms with Crippen molar-refractivity contribution < 1.29 is 14.6 Å². The average Bonchev–Trinajstić information content (AvgIpc) is 2.52. The third-order valence-corrected chi connectivity index (χ3v) is 5.12. The highest BCUT2D eigenvalue weighted by atomic mass is 16.6. The lowest BCUT2D eigenvalue weighted by atomic mass is 9.79. The van der Waals surface area contributed by atoms with Crippen molar-refractivity contribution >= 4 is 6.09 Å². The van der Waals surface area contributed by atoms with Crippen LogP contribution in [0.25, 0.3) is 0 Å². The minimum atomic E-state index is -0.424. The van der Waals surface area contributed by atoms with Crippen molar-refractivity contribution in [1.29, 1.82) is 0 Å². The van der Waals surface area contributed by atoms with Gasteiger partial charge >= 0.3 is 6.09 Å². The monoisotopic (exact) mass is 326 g/mol. The Hall–Kier alpha value is -0.810. The molecule has 23 heavy (non-hydrogen) atoms. The topological polar surface area (TPSA) is 61.8 Å². The molecule has 2 N–H and O–H groups in total. The Morgan fingerprint density at radius 2 is 1.74 bits per heavy atom. The van der Waals surface area contributed by atoms with Crippen LogP contribution in [0.4, 0.5) is 4.79 Å². The zero-order chi connectivity index (χ0) is 16.9. The first-order chi connectivity index (χ1) is 10.9. The summed E-state index contributed by atoms with van der Waals surface area (Å²) in [4.78, 5) is 13.9. The SMILES string of the molecule is CC(C)(C)OC(=O)N1CCC(NC[C@H]2CCCC[C@@H]2CO)CC1. The van der Waals surface area contributed by atoms with Crippen LogP contribution < -0.4 is 5.32 Å². The minimum Gasteiger partial charge on any atom is -0.444 e. The second kappa shape index (κ2) is 8.34. The summed E-state index contributed by atoms with van der Waals surface area (Å²) >= 11 is 0. The van der Waals surface area contributed by atoms with E-state index in [1.54, 1.807) is 0 Å². The van der Waals surface area contributed by atoms with Gasteiger partial charge in [0.05, 0.1) is 0 Å². The third kappa shape index (κ3) is 5.96. The van der Waals surface area contributed by atoms with Crippen molar-refractivity contribution in [3.8, 4) is 0 Å². The van der Waals surface area contributed by atoms with E-state index in [9.17, 15) is 9.90 Å². The molecule has 0 spiro atoms. The minimum absolute atomic E-state index is 0.191. The summed E-state index contributed by atoms with van der Waals surface area (Å²) in [5.41, 5.74) is -0.424. The van der Waals surface area contributed by atoms with Crippen molar-refractivity contribution in [2.24, 2.45) is 11.8 Å². The molecule has 5 nitrogen and oxygen atoms in total. The zero-order valence-electron chi connectivity index (χ0n) is 15.0. The summed E-state index contributed by atoms with van der Waals surface area (Å²) in [7, 11) is 0. The number of rotatable bonds is 4. The lowest BCUT2D eigenvalue weighted by Crippen LogP contribution is -2.47. The highest BCUT2D eigenvalue weighted by Gasteiger charge is 2.28. The molecule has 2 aliphatic rings. The number of hydrogen-bond acceptors (Lipinski definition) is 4. The van der Waals surface area contributed by atoms with Crippen LogP contribution in [-0.4, -0.2) is 54.0 Å². The number of aliphatic hydroxyl groups is 1. The van der Waals surface area contributed by atoms with Gasteiger partial charge in [-0.25, -0.2) is 4.79 Å². The van der Waals surface area contributed by atoms with Crippen LogP contribution in [0.5, 0.6) is 0 Å². The molecule has 0 aromatic rings. The molecule has 1 saturated heterocycles. The Labute approximate surface area is 140 Å². The van der Waals surface area contributed by atoms with Gasteiger partial charge in [-0.05, 0) is 64.8 Å².